The molecule has 2 aromatic heterocycles. The van der Waals surface area contributed by atoms with E-state index in [2.05, 4.69) is 87.3 Å². The normalized spacial score (nSPS) is 10.9. The van der Waals surface area contributed by atoms with Gasteiger partial charge in [-0.1, -0.05) is 84.9 Å². The van der Waals surface area contributed by atoms with Crippen LogP contribution in [0.5, 0.6) is 11.5 Å². The molecule has 266 valence electrons. The van der Waals surface area contributed by atoms with Crippen molar-refractivity contribution in [2.45, 2.75) is 25.9 Å². The van der Waals surface area contributed by atoms with Crippen LogP contribution in [0.3, 0.4) is 0 Å². The van der Waals surface area contributed by atoms with Crippen LogP contribution in [0.15, 0.2) is 152 Å². The molecular weight excluding hydrogens is 659 g/mol. The molecule has 6 N–H and O–H groups in total. The Morgan fingerprint density at radius 1 is 0.453 bits per heavy atom. The van der Waals surface area contributed by atoms with E-state index in [9.17, 15) is 0 Å². The second-order valence-corrected chi connectivity index (χ2v) is 12.9. The Balaban J connectivity index is 0.000000164. The van der Waals surface area contributed by atoms with E-state index in [0.717, 1.165) is 58.6 Å². The average molecular weight is 702 g/mol. The zero-order chi connectivity index (χ0) is 36.4. The van der Waals surface area contributed by atoms with Crippen molar-refractivity contribution >= 4 is 39.1 Å². The first-order chi connectivity index (χ1) is 26.0. The highest BCUT2D eigenvalue weighted by atomic mass is 16.5. The van der Waals surface area contributed by atoms with Crippen LogP contribution in [-0.4, -0.2) is 32.3 Å². The van der Waals surface area contributed by atoms with E-state index in [4.69, 9.17) is 26.7 Å². The monoisotopic (exact) mass is 701 g/mol. The molecule has 53 heavy (non-hydrogen) atoms. The summed E-state index contributed by atoms with van der Waals surface area (Å²) in [5.74, 6) is 1.75. The van der Waals surface area contributed by atoms with Gasteiger partial charge < -0.3 is 35.8 Å². The summed E-state index contributed by atoms with van der Waals surface area (Å²) in [6.45, 7) is 2.57. The summed E-state index contributed by atoms with van der Waals surface area (Å²) >= 11 is 0. The fourth-order valence-electron chi connectivity index (χ4n) is 6.17. The maximum atomic E-state index is 5.91. The van der Waals surface area contributed by atoms with Gasteiger partial charge in [0.15, 0.2) is 0 Å². The largest absolute Gasteiger partial charge is 0.492 e. The quantitative estimate of drug-likeness (QED) is 0.110. The van der Waals surface area contributed by atoms with Crippen molar-refractivity contribution < 1.29 is 9.47 Å². The Kier molecular flexibility index (Phi) is 10.8. The Hall–Kier alpha value is -6.74. The smallest absolute Gasteiger partial charge is 0.119 e. The van der Waals surface area contributed by atoms with E-state index < -0.39 is 0 Å². The van der Waals surface area contributed by atoms with E-state index in [0.29, 0.717) is 31.1 Å². The molecule has 0 unspecified atom stereocenters. The van der Waals surface area contributed by atoms with E-state index >= 15 is 0 Å². The van der Waals surface area contributed by atoms with Crippen molar-refractivity contribution in [3.8, 4) is 11.5 Å². The first-order valence-corrected chi connectivity index (χ1v) is 17.7. The van der Waals surface area contributed by atoms with Crippen molar-refractivity contribution in [1.82, 2.24) is 19.1 Å². The molecular formula is C44H43N7O2. The Bertz CT molecular complexity index is 2370. The van der Waals surface area contributed by atoms with Crippen LogP contribution < -0.4 is 26.7 Å². The Morgan fingerprint density at radius 3 is 1.43 bits per heavy atom. The number of anilines is 3. The highest BCUT2D eigenvalue weighted by Gasteiger charge is 2.07. The SMILES string of the molecule is Nc1cc2ncn(CCOc3ccc(Cc4ccccc4)cc3)c2cc1N.Nc1ccc2c(c1)ncn2CCOc1ccc(Cc2ccccc2)cc1. The van der Waals surface area contributed by atoms with Crippen LogP contribution in [0.2, 0.25) is 0 Å². The summed E-state index contributed by atoms with van der Waals surface area (Å²) in [5, 5.41) is 0. The number of aromatic nitrogens is 4. The van der Waals surface area contributed by atoms with Gasteiger partial charge in [-0.3, -0.25) is 0 Å². The lowest BCUT2D eigenvalue weighted by Crippen LogP contribution is -2.07. The number of ether oxygens (including phenoxy) is 2. The lowest BCUT2D eigenvalue weighted by Gasteiger charge is -2.09. The molecule has 0 radical (unpaired) electrons. The summed E-state index contributed by atoms with van der Waals surface area (Å²) in [6.07, 6.45) is 5.48. The lowest BCUT2D eigenvalue weighted by atomic mass is 10.1. The summed E-state index contributed by atoms with van der Waals surface area (Å²) < 4.78 is 15.9. The number of hydrogen-bond donors (Lipinski definition) is 3. The average Bonchev–Trinajstić information content (AvgIpc) is 3.77. The van der Waals surface area contributed by atoms with Crippen molar-refractivity contribution in [2.75, 3.05) is 30.4 Å². The van der Waals surface area contributed by atoms with Gasteiger partial charge in [0.1, 0.15) is 24.7 Å². The van der Waals surface area contributed by atoms with Crippen LogP contribution in [0.4, 0.5) is 17.1 Å². The minimum atomic E-state index is 0.549. The van der Waals surface area contributed by atoms with Gasteiger partial charge in [0.05, 0.1) is 59.2 Å². The number of nitrogen functional groups attached to an aromatic ring is 3. The summed E-state index contributed by atoms with van der Waals surface area (Å²) in [4.78, 5) is 8.75. The molecule has 0 amide bonds. The van der Waals surface area contributed by atoms with Crippen LogP contribution in [0, 0.1) is 0 Å². The minimum absolute atomic E-state index is 0.549. The lowest BCUT2D eigenvalue weighted by molar-refractivity contribution is 0.300. The summed E-state index contributed by atoms with van der Waals surface area (Å²) in [5.41, 5.74) is 28.3. The van der Waals surface area contributed by atoms with Crippen molar-refractivity contribution in [1.29, 1.82) is 0 Å². The number of nitrogens with zero attached hydrogens (tertiary/aromatic N) is 4. The first-order valence-electron chi connectivity index (χ1n) is 17.7. The number of fused-ring (bicyclic) bond motifs is 2. The van der Waals surface area contributed by atoms with Gasteiger partial charge in [0, 0.05) is 5.69 Å². The number of imidazole rings is 2. The van der Waals surface area contributed by atoms with Crippen molar-refractivity contribution in [3.63, 3.8) is 0 Å². The number of hydrogen-bond acceptors (Lipinski definition) is 7. The number of benzene rings is 6. The third-order valence-corrected chi connectivity index (χ3v) is 9.02. The maximum absolute atomic E-state index is 5.91. The molecule has 0 atom stereocenters. The van der Waals surface area contributed by atoms with E-state index in [-0.39, 0.29) is 0 Å². The zero-order valence-electron chi connectivity index (χ0n) is 29.5. The zero-order valence-corrected chi connectivity index (χ0v) is 29.5. The van der Waals surface area contributed by atoms with E-state index in [1.54, 1.807) is 12.4 Å². The van der Waals surface area contributed by atoms with Gasteiger partial charge in [-0.2, -0.15) is 0 Å². The fraction of sp³-hybridized carbons (Fsp3) is 0.136. The predicted octanol–water partition coefficient (Wildman–Crippen LogP) is 8.16. The molecule has 0 aliphatic rings. The Labute approximate surface area is 309 Å². The van der Waals surface area contributed by atoms with E-state index in [1.807, 2.05) is 71.6 Å². The van der Waals surface area contributed by atoms with Crippen LogP contribution in [0.25, 0.3) is 22.1 Å². The summed E-state index contributed by atoms with van der Waals surface area (Å²) in [6, 6.07) is 46.9. The molecule has 8 rings (SSSR count). The molecule has 0 fully saturated rings. The standard InChI is InChI=1S/C22H22N4O.C22H21N3O/c23-19-13-21-22(14-20(19)24)26(15-25-21)10-11-27-18-8-6-17(7-9-18)12-16-4-2-1-3-5-16;23-19-8-11-22-21(15-19)24-16-25(22)12-13-26-20-9-6-18(7-10-20)14-17-4-2-1-3-5-17/h1-9,13-15H,10-12,23-24H2;1-11,15-16H,12-14,23H2. The molecule has 0 aliphatic heterocycles. The van der Waals surface area contributed by atoms with Crippen LogP contribution in [-0.2, 0) is 25.9 Å². The fourth-order valence-corrected chi connectivity index (χ4v) is 6.17. The molecule has 0 spiro atoms. The van der Waals surface area contributed by atoms with Gasteiger partial charge in [-0.05, 0) is 89.7 Å². The second-order valence-electron chi connectivity index (χ2n) is 12.9. The molecule has 0 bridgehead atoms. The second kappa shape index (κ2) is 16.5. The van der Waals surface area contributed by atoms with Gasteiger partial charge in [-0.15, -0.1) is 0 Å². The van der Waals surface area contributed by atoms with Gasteiger partial charge >= 0.3 is 0 Å². The molecule has 8 aromatic rings. The number of rotatable bonds is 12. The van der Waals surface area contributed by atoms with E-state index in [1.165, 1.54) is 22.3 Å². The third-order valence-electron chi connectivity index (χ3n) is 9.02. The molecule has 0 aliphatic carbocycles. The predicted molar refractivity (Wildman–Crippen MR) is 215 cm³/mol. The maximum Gasteiger partial charge on any atom is 0.119 e. The molecule has 0 saturated carbocycles. The van der Waals surface area contributed by atoms with Crippen molar-refractivity contribution in [2.24, 2.45) is 0 Å². The van der Waals surface area contributed by atoms with Gasteiger partial charge in [0.25, 0.3) is 0 Å². The van der Waals surface area contributed by atoms with Crippen molar-refractivity contribution in [3.05, 3.63) is 174 Å². The Morgan fingerprint density at radius 2 is 0.906 bits per heavy atom. The molecule has 9 heteroatoms. The molecule has 9 nitrogen and oxygen atoms in total. The van der Waals surface area contributed by atoms with Crippen LogP contribution >= 0.6 is 0 Å². The highest BCUT2D eigenvalue weighted by molar-refractivity contribution is 5.86. The van der Waals surface area contributed by atoms with Gasteiger partial charge in [0.2, 0.25) is 0 Å². The first kappa shape index (κ1) is 34.7. The highest BCUT2D eigenvalue weighted by Crippen LogP contribution is 2.23. The van der Waals surface area contributed by atoms with Gasteiger partial charge in [-0.25, -0.2) is 9.97 Å². The minimum Gasteiger partial charge on any atom is -0.492 e. The third kappa shape index (κ3) is 9.14. The van der Waals surface area contributed by atoms with Crippen LogP contribution in [0.1, 0.15) is 22.3 Å². The number of nitrogens with two attached hydrogens (primary N) is 3. The molecule has 0 saturated heterocycles. The molecule has 2 heterocycles. The molecule has 6 aromatic carbocycles. The topological polar surface area (TPSA) is 132 Å². The summed E-state index contributed by atoms with van der Waals surface area (Å²) in [7, 11) is 0.